The third-order valence-electron chi connectivity index (χ3n) is 4.00. The minimum absolute atomic E-state index is 0.0129. The zero-order valence-corrected chi connectivity index (χ0v) is 14.1. The summed E-state index contributed by atoms with van der Waals surface area (Å²) in [6.07, 6.45) is 1.61. The van der Waals surface area contributed by atoms with Gasteiger partial charge in [-0.1, -0.05) is 0 Å². The van der Waals surface area contributed by atoms with Gasteiger partial charge < -0.3 is 10.4 Å². The van der Waals surface area contributed by atoms with Crippen molar-refractivity contribution in [3.8, 4) is 0 Å². The minimum atomic E-state index is -3.48. The molecule has 0 spiro atoms. The molecule has 7 nitrogen and oxygen atoms in total. The normalized spacial score (nSPS) is 25.4. The molecule has 0 aliphatic heterocycles. The van der Waals surface area contributed by atoms with Crippen molar-refractivity contribution in [1.29, 1.82) is 0 Å². The van der Waals surface area contributed by atoms with Crippen LogP contribution in [0.15, 0.2) is 0 Å². The molecule has 1 aromatic heterocycles. The van der Waals surface area contributed by atoms with Gasteiger partial charge in [0.1, 0.15) is 11.6 Å². The molecular formula is C14H23N3O4S. The Morgan fingerprint density at radius 1 is 1.27 bits per heavy atom. The van der Waals surface area contributed by atoms with Gasteiger partial charge in [0, 0.05) is 23.2 Å². The second-order valence-electron chi connectivity index (χ2n) is 5.96. The van der Waals surface area contributed by atoms with Crippen molar-refractivity contribution in [3.05, 3.63) is 17.1 Å². The van der Waals surface area contributed by atoms with Crippen molar-refractivity contribution in [2.45, 2.75) is 45.8 Å². The Morgan fingerprint density at radius 2 is 1.95 bits per heavy atom. The lowest BCUT2D eigenvalue weighted by atomic mass is 10.1. The van der Waals surface area contributed by atoms with Gasteiger partial charge in [0.25, 0.3) is 10.1 Å². The van der Waals surface area contributed by atoms with Crippen molar-refractivity contribution in [1.82, 2.24) is 9.97 Å². The fraction of sp³-hybridized carbons (Fsp3) is 0.714. The Balaban J connectivity index is 2.01. The second-order valence-corrected chi connectivity index (χ2v) is 7.60. The molecule has 1 aromatic rings. The summed E-state index contributed by atoms with van der Waals surface area (Å²) < 4.78 is 26.9. The van der Waals surface area contributed by atoms with Gasteiger partial charge in [-0.3, -0.25) is 4.18 Å². The maximum atomic E-state index is 11.1. The topological polar surface area (TPSA) is 101 Å². The molecule has 22 heavy (non-hydrogen) atoms. The molecule has 0 radical (unpaired) electrons. The molecule has 2 rings (SSSR count). The summed E-state index contributed by atoms with van der Waals surface area (Å²) >= 11 is 0. The van der Waals surface area contributed by atoms with Gasteiger partial charge in [0.05, 0.1) is 19.0 Å². The largest absolute Gasteiger partial charge is 0.393 e. The van der Waals surface area contributed by atoms with E-state index in [0.29, 0.717) is 18.7 Å². The first-order valence-corrected chi connectivity index (χ1v) is 9.08. The van der Waals surface area contributed by atoms with Gasteiger partial charge in [-0.05, 0) is 33.6 Å². The zero-order chi connectivity index (χ0) is 16.5. The summed E-state index contributed by atoms with van der Waals surface area (Å²) in [6, 6.07) is 0.0376. The van der Waals surface area contributed by atoms with Crippen LogP contribution in [0.1, 0.15) is 29.9 Å². The van der Waals surface area contributed by atoms with Crippen LogP contribution in [-0.2, 0) is 14.3 Å². The molecule has 8 heteroatoms. The highest BCUT2D eigenvalue weighted by Crippen LogP contribution is 2.30. The first-order valence-electron chi connectivity index (χ1n) is 7.26. The molecule has 0 amide bonds. The van der Waals surface area contributed by atoms with Crippen LogP contribution >= 0.6 is 0 Å². The first kappa shape index (κ1) is 17.1. The number of nitrogens with one attached hydrogen (secondary N) is 1. The van der Waals surface area contributed by atoms with Gasteiger partial charge >= 0.3 is 0 Å². The van der Waals surface area contributed by atoms with Crippen molar-refractivity contribution in [3.63, 3.8) is 0 Å². The third kappa shape index (κ3) is 4.37. The van der Waals surface area contributed by atoms with Gasteiger partial charge in [-0.2, -0.15) is 8.42 Å². The average Bonchev–Trinajstić information content (AvgIpc) is 2.72. The van der Waals surface area contributed by atoms with Crippen LogP contribution in [0.4, 0.5) is 5.82 Å². The highest BCUT2D eigenvalue weighted by Gasteiger charge is 2.34. The van der Waals surface area contributed by atoms with Crippen molar-refractivity contribution >= 4 is 15.9 Å². The SMILES string of the molecule is Cc1nc(C)c(C)c(N[C@@H]2C[C@@H](COS(C)(=O)=O)[C@@H](O)C2)n1. The summed E-state index contributed by atoms with van der Waals surface area (Å²) in [4.78, 5) is 8.71. The molecule has 0 bridgehead atoms. The van der Waals surface area contributed by atoms with E-state index in [-0.39, 0.29) is 18.6 Å². The van der Waals surface area contributed by atoms with Crippen LogP contribution in [0, 0.1) is 26.7 Å². The van der Waals surface area contributed by atoms with E-state index in [1.165, 1.54) is 0 Å². The Hall–Kier alpha value is -1.25. The molecule has 2 N–H and O–H groups in total. The molecule has 1 aliphatic carbocycles. The summed E-state index contributed by atoms with van der Waals surface area (Å²) in [7, 11) is -3.48. The molecule has 1 heterocycles. The third-order valence-corrected chi connectivity index (χ3v) is 4.56. The maximum Gasteiger partial charge on any atom is 0.264 e. The van der Waals surface area contributed by atoms with E-state index in [1.807, 2.05) is 20.8 Å². The lowest BCUT2D eigenvalue weighted by Gasteiger charge is -2.16. The fourth-order valence-electron chi connectivity index (χ4n) is 2.71. The smallest absolute Gasteiger partial charge is 0.264 e. The van der Waals surface area contributed by atoms with E-state index in [2.05, 4.69) is 15.3 Å². The van der Waals surface area contributed by atoms with Crippen LogP contribution in [0.3, 0.4) is 0 Å². The Labute approximate surface area is 131 Å². The predicted molar refractivity (Wildman–Crippen MR) is 83.2 cm³/mol. The Kier molecular flexibility index (Phi) is 5.03. The van der Waals surface area contributed by atoms with Crippen LogP contribution in [0.5, 0.6) is 0 Å². The Morgan fingerprint density at radius 3 is 2.59 bits per heavy atom. The predicted octanol–water partition coefficient (Wildman–Crippen LogP) is 0.929. The number of aryl methyl sites for hydroxylation is 2. The highest BCUT2D eigenvalue weighted by molar-refractivity contribution is 7.85. The summed E-state index contributed by atoms with van der Waals surface area (Å²) in [6.45, 7) is 5.73. The average molecular weight is 329 g/mol. The van der Waals surface area contributed by atoms with E-state index in [0.717, 1.165) is 23.3 Å². The van der Waals surface area contributed by atoms with Crippen molar-refractivity contribution in [2.24, 2.45) is 5.92 Å². The van der Waals surface area contributed by atoms with Crippen LogP contribution in [-0.4, -0.2) is 48.5 Å². The monoisotopic (exact) mass is 329 g/mol. The molecule has 0 aromatic carbocycles. The standard InChI is InChI=1S/C14H23N3O4S/c1-8-9(2)15-10(3)16-14(8)17-12-5-11(13(18)6-12)7-21-22(4,19)20/h11-13,18H,5-7H2,1-4H3,(H,15,16,17)/t11-,12+,13-/m0/s1. The van der Waals surface area contributed by atoms with Gasteiger partial charge in [0.15, 0.2) is 0 Å². The number of aliphatic hydroxyl groups is 1. The van der Waals surface area contributed by atoms with E-state index in [1.54, 1.807) is 0 Å². The van der Waals surface area contributed by atoms with Crippen molar-refractivity contribution < 1.29 is 17.7 Å². The number of nitrogens with zero attached hydrogens (tertiary/aromatic N) is 2. The molecule has 1 aliphatic rings. The fourth-order valence-corrected chi connectivity index (χ4v) is 3.14. The Bertz CT molecular complexity index is 648. The lowest BCUT2D eigenvalue weighted by molar-refractivity contribution is 0.101. The summed E-state index contributed by atoms with van der Waals surface area (Å²) in [5.41, 5.74) is 1.90. The molecule has 124 valence electrons. The van der Waals surface area contributed by atoms with Crippen LogP contribution < -0.4 is 5.32 Å². The number of anilines is 1. The van der Waals surface area contributed by atoms with Crippen molar-refractivity contribution in [2.75, 3.05) is 18.2 Å². The molecule has 3 atom stereocenters. The minimum Gasteiger partial charge on any atom is -0.393 e. The summed E-state index contributed by atoms with van der Waals surface area (Å²) in [5, 5.41) is 13.4. The van der Waals surface area contributed by atoms with E-state index < -0.39 is 16.2 Å². The summed E-state index contributed by atoms with van der Waals surface area (Å²) in [5.74, 6) is 1.27. The van der Waals surface area contributed by atoms with Gasteiger partial charge in [-0.25, -0.2) is 9.97 Å². The highest BCUT2D eigenvalue weighted by atomic mass is 32.2. The molecule has 1 saturated carbocycles. The number of hydrogen-bond donors (Lipinski definition) is 2. The number of hydrogen-bond acceptors (Lipinski definition) is 7. The number of rotatable bonds is 5. The zero-order valence-electron chi connectivity index (χ0n) is 13.3. The van der Waals surface area contributed by atoms with E-state index in [9.17, 15) is 13.5 Å². The van der Waals surface area contributed by atoms with Gasteiger partial charge in [0.2, 0.25) is 0 Å². The molecule has 0 unspecified atom stereocenters. The van der Waals surface area contributed by atoms with Gasteiger partial charge in [-0.15, -0.1) is 0 Å². The van der Waals surface area contributed by atoms with Crippen LogP contribution in [0.25, 0.3) is 0 Å². The molecular weight excluding hydrogens is 306 g/mol. The second kappa shape index (κ2) is 6.47. The first-order chi connectivity index (χ1) is 10.2. The lowest BCUT2D eigenvalue weighted by Crippen LogP contribution is -2.20. The molecule has 1 fully saturated rings. The maximum absolute atomic E-state index is 11.1. The number of aromatic nitrogens is 2. The van der Waals surface area contributed by atoms with Crippen LogP contribution in [0.2, 0.25) is 0 Å². The number of aliphatic hydroxyl groups excluding tert-OH is 1. The molecule has 0 saturated heterocycles. The van der Waals surface area contributed by atoms with E-state index in [4.69, 9.17) is 4.18 Å². The quantitative estimate of drug-likeness (QED) is 0.775. The van der Waals surface area contributed by atoms with E-state index >= 15 is 0 Å².